The highest BCUT2D eigenvalue weighted by Crippen LogP contribution is 2.13. The van der Waals surface area contributed by atoms with E-state index in [2.05, 4.69) is 91.7 Å². The third-order valence-electron chi connectivity index (χ3n) is 8.86. The summed E-state index contributed by atoms with van der Waals surface area (Å²) in [7, 11) is 0. The van der Waals surface area contributed by atoms with Gasteiger partial charge in [-0.2, -0.15) is 0 Å². The fourth-order valence-corrected chi connectivity index (χ4v) is 5.91. The topological polar surface area (TPSA) is 21.7 Å². The van der Waals surface area contributed by atoms with Crippen LogP contribution in [-0.4, -0.2) is 50.5 Å². The van der Waals surface area contributed by atoms with Crippen LogP contribution in [0.4, 0.5) is 0 Å². The first-order chi connectivity index (χ1) is 23.4. The highest BCUT2D eigenvalue weighted by Gasteiger charge is 2.15. The summed E-state index contributed by atoms with van der Waals surface area (Å²) in [5.41, 5.74) is 0. The molecule has 0 aromatic rings. The summed E-state index contributed by atoms with van der Waals surface area (Å²) in [5, 5.41) is 0. The van der Waals surface area contributed by atoms with Crippen molar-refractivity contribution in [3.8, 4) is 0 Å². The molecule has 3 nitrogen and oxygen atoms in total. The average molecular weight is 652 g/mol. The monoisotopic (exact) mass is 652 g/mol. The maximum atomic E-state index is 6.37. The first kappa shape index (κ1) is 43.3. The molecule has 1 rings (SSSR count). The lowest BCUT2D eigenvalue weighted by atomic mass is 10.1. The highest BCUT2D eigenvalue weighted by molar-refractivity contribution is 4.98. The summed E-state index contributed by atoms with van der Waals surface area (Å²) >= 11 is 0. The van der Waals surface area contributed by atoms with Crippen molar-refractivity contribution in [1.82, 2.24) is 4.90 Å². The molecule has 1 aliphatic rings. The molecular formula is C44H77NO2. The Morgan fingerprint density at radius 2 is 0.915 bits per heavy atom. The molecule has 0 amide bonds. The van der Waals surface area contributed by atoms with Gasteiger partial charge in [-0.1, -0.05) is 138 Å². The Balaban J connectivity index is 2.01. The zero-order valence-corrected chi connectivity index (χ0v) is 31.3. The minimum Gasteiger partial charge on any atom is -0.379 e. The maximum Gasteiger partial charge on any atom is 0.0820 e. The summed E-state index contributed by atoms with van der Waals surface area (Å²) in [5.74, 6) is 0. The molecule has 1 atom stereocenters. The number of nitrogens with zero attached hydrogens (tertiary/aromatic N) is 1. The zero-order valence-electron chi connectivity index (χ0n) is 31.3. The molecule has 3 heteroatoms. The first-order valence-electron chi connectivity index (χ1n) is 20.2. The molecule has 1 heterocycles. The quantitative estimate of drug-likeness (QED) is 0.0510. The molecule has 0 spiro atoms. The molecule has 0 aliphatic carbocycles. The van der Waals surface area contributed by atoms with Crippen LogP contribution in [0.3, 0.4) is 0 Å². The van der Waals surface area contributed by atoms with E-state index in [1.165, 1.54) is 116 Å². The molecule has 0 N–H and O–H groups in total. The second kappa shape index (κ2) is 37.1. The van der Waals surface area contributed by atoms with Gasteiger partial charge in [0.15, 0.2) is 0 Å². The molecule has 0 aromatic heterocycles. The number of likely N-dealkylation sites (tertiary alicyclic amines) is 1. The minimum atomic E-state index is 0.256. The molecule has 47 heavy (non-hydrogen) atoms. The Morgan fingerprint density at radius 1 is 0.489 bits per heavy atom. The Labute approximate surface area is 293 Å². The number of ether oxygens (including phenoxy) is 2. The summed E-state index contributed by atoms with van der Waals surface area (Å²) < 4.78 is 12.5. The predicted molar refractivity (Wildman–Crippen MR) is 209 cm³/mol. The lowest BCUT2D eigenvalue weighted by Crippen LogP contribution is -2.28. The molecule has 0 saturated carbocycles. The number of rotatable bonds is 34. The number of hydrogen-bond acceptors (Lipinski definition) is 3. The van der Waals surface area contributed by atoms with E-state index in [4.69, 9.17) is 9.47 Å². The lowest BCUT2D eigenvalue weighted by Gasteiger charge is -2.22. The van der Waals surface area contributed by atoms with Crippen LogP contribution in [-0.2, 0) is 9.47 Å². The van der Waals surface area contributed by atoms with Crippen LogP contribution in [0.25, 0.3) is 0 Å². The molecular weight excluding hydrogens is 574 g/mol. The van der Waals surface area contributed by atoms with Gasteiger partial charge in [0.05, 0.1) is 12.7 Å². The second-order valence-electron chi connectivity index (χ2n) is 13.3. The number of allylic oxidation sites excluding steroid dienone is 12. The van der Waals surface area contributed by atoms with Gasteiger partial charge in [0.2, 0.25) is 0 Å². The van der Waals surface area contributed by atoms with Crippen molar-refractivity contribution in [3.63, 3.8) is 0 Å². The SMILES string of the molecule is CCC=CCC=CCC=CCCCCCCCCOCC(CCN1CCCC1)OCCCCCCCCC=CCC=CCC=CCC. The van der Waals surface area contributed by atoms with Gasteiger partial charge in [0, 0.05) is 19.8 Å². The van der Waals surface area contributed by atoms with Gasteiger partial charge in [-0.15, -0.1) is 0 Å². The van der Waals surface area contributed by atoms with E-state index in [1.54, 1.807) is 0 Å². The largest absolute Gasteiger partial charge is 0.379 e. The Kier molecular flexibility index (Phi) is 34.3. The van der Waals surface area contributed by atoms with Crippen LogP contribution < -0.4 is 0 Å². The van der Waals surface area contributed by atoms with Crippen molar-refractivity contribution in [1.29, 1.82) is 0 Å². The van der Waals surface area contributed by atoms with Crippen molar-refractivity contribution < 1.29 is 9.47 Å². The van der Waals surface area contributed by atoms with Gasteiger partial charge in [-0.25, -0.2) is 0 Å². The summed E-state index contributed by atoms with van der Waals surface area (Å²) in [6, 6.07) is 0. The van der Waals surface area contributed by atoms with E-state index in [-0.39, 0.29) is 6.10 Å². The molecule has 1 aliphatic heterocycles. The normalized spacial score (nSPS) is 15.4. The van der Waals surface area contributed by atoms with Gasteiger partial charge in [0.1, 0.15) is 0 Å². The van der Waals surface area contributed by atoms with E-state index in [0.717, 1.165) is 71.3 Å². The minimum absolute atomic E-state index is 0.256. The molecule has 270 valence electrons. The average Bonchev–Trinajstić information content (AvgIpc) is 3.61. The van der Waals surface area contributed by atoms with E-state index < -0.39 is 0 Å². The van der Waals surface area contributed by atoms with Crippen LogP contribution in [0.5, 0.6) is 0 Å². The molecule has 1 saturated heterocycles. The third-order valence-corrected chi connectivity index (χ3v) is 8.86. The molecule has 0 aromatic carbocycles. The van der Waals surface area contributed by atoms with E-state index in [1.807, 2.05) is 0 Å². The second-order valence-corrected chi connectivity index (χ2v) is 13.3. The fourth-order valence-electron chi connectivity index (χ4n) is 5.91. The van der Waals surface area contributed by atoms with Gasteiger partial charge in [-0.05, 0) is 109 Å². The van der Waals surface area contributed by atoms with Crippen LogP contribution in [0, 0.1) is 0 Å². The Hall–Kier alpha value is -1.68. The first-order valence-corrected chi connectivity index (χ1v) is 20.2. The van der Waals surface area contributed by atoms with Crippen LogP contribution >= 0.6 is 0 Å². The number of hydrogen-bond donors (Lipinski definition) is 0. The summed E-state index contributed by atoms with van der Waals surface area (Å²) in [4.78, 5) is 2.61. The molecule has 1 unspecified atom stereocenters. The molecule has 1 fully saturated rings. The van der Waals surface area contributed by atoms with E-state index >= 15 is 0 Å². The fraction of sp³-hybridized carbons (Fsp3) is 0.727. The van der Waals surface area contributed by atoms with Crippen molar-refractivity contribution in [2.45, 2.75) is 168 Å². The highest BCUT2D eigenvalue weighted by atomic mass is 16.5. The molecule has 0 radical (unpaired) electrons. The zero-order chi connectivity index (χ0) is 33.6. The molecule has 0 bridgehead atoms. The maximum absolute atomic E-state index is 6.37. The number of unbranched alkanes of at least 4 members (excludes halogenated alkanes) is 12. The standard InChI is InChI=1S/C44H77NO2/c1-3-5-7-9-11-13-15-17-19-21-23-25-27-29-31-35-41-46-43-44(37-40-45-38-33-34-39-45)47-42-36-32-30-28-26-24-22-20-18-16-14-12-10-8-6-4-2/h5-8,11-14,17-20,44H,3-4,9-10,15-16,21-43H2,1-2H3. The van der Waals surface area contributed by atoms with Crippen molar-refractivity contribution in [3.05, 3.63) is 72.9 Å². The van der Waals surface area contributed by atoms with Crippen LogP contribution in [0.2, 0.25) is 0 Å². The van der Waals surface area contributed by atoms with Crippen molar-refractivity contribution in [2.24, 2.45) is 0 Å². The van der Waals surface area contributed by atoms with Crippen molar-refractivity contribution in [2.75, 3.05) is 39.5 Å². The van der Waals surface area contributed by atoms with Gasteiger partial charge in [-0.3, -0.25) is 0 Å². The van der Waals surface area contributed by atoms with Crippen LogP contribution in [0.1, 0.15) is 162 Å². The van der Waals surface area contributed by atoms with Gasteiger partial charge in [0.25, 0.3) is 0 Å². The predicted octanol–water partition coefficient (Wildman–Crippen LogP) is 13.1. The van der Waals surface area contributed by atoms with Crippen molar-refractivity contribution >= 4 is 0 Å². The smallest absolute Gasteiger partial charge is 0.0820 e. The lowest BCUT2D eigenvalue weighted by molar-refractivity contribution is -0.0255. The summed E-state index contributed by atoms with van der Waals surface area (Å²) in [6.45, 7) is 10.6. The van der Waals surface area contributed by atoms with Gasteiger partial charge >= 0.3 is 0 Å². The Bertz CT molecular complexity index is 802. The van der Waals surface area contributed by atoms with E-state index in [9.17, 15) is 0 Å². The van der Waals surface area contributed by atoms with E-state index in [0.29, 0.717) is 0 Å². The Morgan fingerprint density at radius 3 is 1.43 bits per heavy atom. The van der Waals surface area contributed by atoms with Crippen LogP contribution in [0.15, 0.2) is 72.9 Å². The third kappa shape index (κ3) is 32.6. The summed E-state index contributed by atoms with van der Waals surface area (Å²) in [6.07, 6.45) is 56.1. The van der Waals surface area contributed by atoms with Gasteiger partial charge < -0.3 is 14.4 Å².